The predicted octanol–water partition coefficient (Wildman–Crippen LogP) is 5.39. The van der Waals surface area contributed by atoms with E-state index < -0.39 is 28.7 Å². The summed E-state index contributed by atoms with van der Waals surface area (Å²) >= 11 is 0. The lowest BCUT2D eigenvalue weighted by Gasteiger charge is -2.24. The van der Waals surface area contributed by atoms with Crippen molar-refractivity contribution in [3.63, 3.8) is 0 Å². The summed E-state index contributed by atoms with van der Waals surface area (Å²) in [7, 11) is -2.28. The maximum absolute atomic E-state index is 13.6. The maximum atomic E-state index is 13.6. The highest BCUT2D eigenvalue weighted by Gasteiger charge is 2.36. The number of aryl methyl sites for hydroxylation is 1. The van der Waals surface area contributed by atoms with Crippen molar-refractivity contribution in [3.8, 4) is 5.75 Å². The molecule has 1 aromatic heterocycles. The first-order valence-corrected chi connectivity index (χ1v) is 16.1. The van der Waals surface area contributed by atoms with Crippen molar-refractivity contribution < 1.29 is 31.1 Å². The number of ether oxygens (including phenoxy) is 1. The smallest absolute Gasteiger partial charge is 0.406 e. The van der Waals surface area contributed by atoms with Crippen LogP contribution >= 0.6 is 0 Å². The molecule has 2 heterocycles. The number of alkyl halides is 3. The first kappa shape index (κ1) is 32.2. The Kier molecular flexibility index (Phi) is 8.29. The molecule has 242 valence electrons. The monoisotopic (exact) mass is 647 g/mol. The van der Waals surface area contributed by atoms with Gasteiger partial charge in [-0.1, -0.05) is 26.8 Å². The van der Waals surface area contributed by atoms with Crippen molar-refractivity contribution >= 4 is 38.7 Å². The number of carbonyl (C=O) groups is 1. The van der Waals surface area contributed by atoms with Crippen molar-refractivity contribution in [2.24, 2.45) is 0 Å². The molecule has 4 N–H and O–H groups in total. The number of benzene rings is 2. The number of methoxy groups -OCH3 is 1. The fraction of sp³-hybridized carbons (Fsp3) is 0.400. The second kappa shape index (κ2) is 11.6. The van der Waals surface area contributed by atoms with Gasteiger partial charge in [0.2, 0.25) is 10.0 Å². The number of rotatable bonds is 9. The Bertz CT molecular complexity index is 1770. The SMILES string of the molecule is COc1c(NC(=O)c2ccc(C)c(N3C=C(c4cnc(C5CC5)n4CC(F)(F)F)NN3)c2)cc(C(C)(C)C)cc1NS(C)(=O)=O. The Morgan fingerprint density at radius 2 is 1.82 bits per heavy atom. The molecule has 2 aliphatic rings. The number of halogens is 3. The summed E-state index contributed by atoms with van der Waals surface area (Å²) in [5, 5.41) is 4.43. The summed E-state index contributed by atoms with van der Waals surface area (Å²) in [6.07, 6.45) is 1.28. The molecule has 5 rings (SSSR count). The van der Waals surface area contributed by atoms with Crippen LogP contribution in [0.2, 0.25) is 0 Å². The van der Waals surface area contributed by atoms with Crippen molar-refractivity contribution in [2.45, 2.75) is 64.6 Å². The average Bonchev–Trinajstić information content (AvgIpc) is 3.50. The number of nitrogens with zero attached hydrogens (tertiary/aromatic N) is 3. The van der Waals surface area contributed by atoms with Crippen molar-refractivity contribution in [1.29, 1.82) is 0 Å². The topological polar surface area (TPSA) is 130 Å². The number of hydrogen-bond acceptors (Lipinski definition) is 8. The van der Waals surface area contributed by atoms with Crippen LogP contribution in [-0.2, 0) is 22.0 Å². The fourth-order valence-corrected chi connectivity index (χ4v) is 5.60. The molecule has 0 saturated heterocycles. The van der Waals surface area contributed by atoms with E-state index in [0.717, 1.165) is 30.2 Å². The van der Waals surface area contributed by atoms with Crippen LogP contribution in [0, 0.1) is 6.92 Å². The van der Waals surface area contributed by atoms with Gasteiger partial charge in [0.1, 0.15) is 12.4 Å². The molecule has 0 bridgehead atoms. The minimum Gasteiger partial charge on any atom is -0.492 e. The lowest BCUT2D eigenvalue weighted by Crippen LogP contribution is -2.37. The van der Waals surface area contributed by atoms with Gasteiger partial charge in [-0.2, -0.15) is 13.2 Å². The Balaban J connectivity index is 1.45. The molecule has 1 saturated carbocycles. The molecule has 1 fully saturated rings. The van der Waals surface area contributed by atoms with Crippen molar-refractivity contribution in [3.05, 3.63) is 70.9 Å². The molecule has 0 spiro atoms. The van der Waals surface area contributed by atoms with E-state index in [-0.39, 0.29) is 34.0 Å². The summed E-state index contributed by atoms with van der Waals surface area (Å²) in [4.78, 5) is 17.9. The highest BCUT2D eigenvalue weighted by Crippen LogP contribution is 2.42. The number of sulfonamides is 1. The van der Waals surface area contributed by atoms with Gasteiger partial charge < -0.3 is 14.6 Å². The van der Waals surface area contributed by atoms with Gasteiger partial charge in [0.25, 0.3) is 5.91 Å². The van der Waals surface area contributed by atoms with Crippen molar-refractivity contribution in [1.82, 2.24) is 20.5 Å². The predicted molar refractivity (Wildman–Crippen MR) is 166 cm³/mol. The summed E-state index contributed by atoms with van der Waals surface area (Å²) in [6.45, 7) is 6.56. The number of nitrogens with one attached hydrogen (secondary N) is 4. The van der Waals surface area contributed by atoms with E-state index in [2.05, 4.69) is 26.0 Å². The summed E-state index contributed by atoms with van der Waals surface area (Å²) in [5.74, 6) is 0.0949. The molecule has 1 aliphatic carbocycles. The number of aromatic nitrogens is 2. The van der Waals surface area contributed by atoms with Crippen LogP contribution in [0.3, 0.4) is 0 Å². The number of hydrogen-bond donors (Lipinski definition) is 4. The Labute approximate surface area is 259 Å². The van der Waals surface area contributed by atoms with Crippen LogP contribution in [0.4, 0.5) is 30.2 Å². The van der Waals surface area contributed by atoms with Gasteiger partial charge in [-0.05, 0) is 60.6 Å². The first-order valence-electron chi connectivity index (χ1n) is 14.2. The summed E-state index contributed by atoms with van der Waals surface area (Å²) in [5.41, 5.74) is 9.03. The number of amides is 1. The number of carbonyl (C=O) groups excluding carboxylic acids is 1. The van der Waals surface area contributed by atoms with Crippen LogP contribution in [0.25, 0.3) is 5.70 Å². The van der Waals surface area contributed by atoms with E-state index in [4.69, 9.17) is 4.74 Å². The molecular weight excluding hydrogens is 611 g/mol. The lowest BCUT2D eigenvalue weighted by atomic mass is 9.86. The molecular formula is C30H36F3N7O4S. The highest BCUT2D eigenvalue weighted by molar-refractivity contribution is 7.92. The van der Waals surface area contributed by atoms with Gasteiger partial charge in [0, 0.05) is 11.5 Å². The lowest BCUT2D eigenvalue weighted by molar-refractivity contribution is -0.141. The van der Waals surface area contributed by atoms with Gasteiger partial charge >= 0.3 is 6.18 Å². The van der Waals surface area contributed by atoms with Crippen LogP contribution in [0.1, 0.15) is 72.5 Å². The van der Waals surface area contributed by atoms with Crippen LogP contribution in [0.5, 0.6) is 5.75 Å². The maximum Gasteiger partial charge on any atom is 0.406 e. The summed E-state index contributed by atoms with van der Waals surface area (Å²) in [6, 6.07) is 8.43. The second-order valence-corrected chi connectivity index (χ2v) is 14.1. The molecule has 45 heavy (non-hydrogen) atoms. The zero-order valence-corrected chi connectivity index (χ0v) is 26.6. The van der Waals surface area contributed by atoms with Crippen LogP contribution < -0.4 is 30.7 Å². The van der Waals surface area contributed by atoms with Crippen LogP contribution in [0.15, 0.2) is 42.7 Å². The normalized spacial score (nSPS) is 15.5. The number of hydrazine groups is 2. The Morgan fingerprint density at radius 1 is 1.13 bits per heavy atom. The minimum atomic E-state index is -4.42. The number of anilines is 3. The van der Waals surface area contributed by atoms with E-state index >= 15 is 0 Å². The first-order chi connectivity index (χ1) is 20.9. The fourth-order valence-electron chi connectivity index (χ4n) is 5.05. The Hall–Kier alpha value is -4.24. The van der Waals surface area contributed by atoms with E-state index in [1.807, 2.05) is 27.7 Å². The second-order valence-electron chi connectivity index (χ2n) is 12.3. The van der Waals surface area contributed by atoms with Gasteiger partial charge in [-0.15, -0.1) is 5.53 Å². The number of imidazole rings is 1. The quantitative estimate of drug-likeness (QED) is 0.244. The minimum absolute atomic E-state index is 0.0190. The van der Waals surface area contributed by atoms with E-state index in [1.165, 1.54) is 17.9 Å². The molecule has 2 aromatic carbocycles. The molecule has 3 aromatic rings. The zero-order valence-electron chi connectivity index (χ0n) is 25.8. The van der Waals surface area contributed by atoms with Gasteiger partial charge in [-0.3, -0.25) is 20.0 Å². The third kappa shape index (κ3) is 7.36. The molecule has 11 nitrogen and oxygen atoms in total. The van der Waals surface area contributed by atoms with Crippen molar-refractivity contribution in [2.75, 3.05) is 28.4 Å². The zero-order chi connectivity index (χ0) is 32.9. The van der Waals surface area contributed by atoms with E-state index in [0.29, 0.717) is 22.9 Å². The standard InChI is InChI=1S/C30H36F3N7O4S/c1-17-7-8-19(28(41)35-21-12-20(29(2,3)4)13-22(26(21)44-5)37-45(6,42)43)11-24(17)40-15-23(36-38-40)25-14-34-27(18-9-10-18)39(25)16-30(31,32)33/h7-8,11-15,18,36-38H,9-10,16H2,1-6H3,(H,35,41). The molecule has 0 radical (unpaired) electrons. The highest BCUT2D eigenvalue weighted by atomic mass is 32.2. The van der Waals surface area contributed by atoms with E-state index in [9.17, 15) is 26.4 Å². The third-order valence-corrected chi connectivity index (χ3v) is 8.04. The molecule has 0 atom stereocenters. The van der Waals surface area contributed by atoms with Gasteiger partial charge in [0.15, 0.2) is 5.75 Å². The van der Waals surface area contributed by atoms with Gasteiger partial charge in [0.05, 0.1) is 54.2 Å². The largest absolute Gasteiger partial charge is 0.492 e. The van der Waals surface area contributed by atoms with Crippen LogP contribution in [-0.4, -0.2) is 43.4 Å². The average molecular weight is 648 g/mol. The van der Waals surface area contributed by atoms with E-state index in [1.54, 1.807) is 41.5 Å². The molecule has 0 unspecified atom stereocenters. The third-order valence-electron chi connectivity index (χ3n) is 7.45. The van der Waals surface area contributed by atoms with Gasteiger partial charge in [-0.25, -0.2) is 13.4 Å². The molecule has 1 aliphatic heterocycles. The Morgan fingerprint density at radius 3 is 2.42 bits per heavy atom. The molecule has 1 amide bonds. The summed E-state index contributed by atoms with van der Waals surface area (Å²) < 4.78 is 73.7. The molecule has 15 heteroatoms.